The summed E-state index contributed by atoms with van der Waals surface area (Å²) in [5, 5.41) is 13.5. The van der Waals surface area contributed by atoms with E-state index >= 15 is 0 Å². The van der Waals surface area contributed by atoms with Crippen molar-refractivity contribution >= 4 is 17.3 Å². The van der Waals surface area contributed by atoms with Gasteiger partial charge >= 0.3 is 0 Å². The summed E-state index contributed by atoms with van der Waals surface area (Å²) in [5.41, 5.74) is 5.90. The van der Waals surface area contributed by atoms with Crippen LogP contribution in [-0.4, -0.2) is 55.1 Å². The Labute approximate surface area is 122 Å². The lowest BCUT2D eigenvalue weighted by atomic mass is 10.1. The average molecular weight is 294 g/mol. The number of non-ortho nitro benzene ring substituents is 1. The minimum Gasteiger partial charge on any atom is -0.398 e. The number of nitrogens with zero attached hydrogens (tertiary/aromatic N) is 2. The van der Waals surface area contributed by atoms with E-state index in [-0.39, 0.29) is 16.9 Å². The van der Waals surface area contributed by atoms with Crippen molar-refractivity contribution in [2.75, 3.05) is 45.1 Å². The summed E-state index contributed by atoms with van der Waals surface area (Å²) in [6.07, 6.45) is 0. The molecule has 0 unspecified atom stereocenters. The van der Waals surface area contributed by atoms with Gasteiger partial charge in [-0.25, -0.2) is 0 Å². The van der Waals surface area contributed by atoms with Crippen LogP contribution in [0.4, 0.5) is 11.4 Å². The Bertz CT molecular complexity index is 529. The van der Waals surface area contributed by atoms with E-state index in [1.54, 1.807) is 0 Å². The fraction of sp³-hybridized carbons (Fsp3) is 0.462. The van der Waals surface area contributed by atoms with Crippen molar-refractivity contribution in [3.8, 4) is 0 Å². The molecule has 3 N–H and O–H groups in total. The normalized spacial score (nSPS) is 15.6. The van der Waals surface area contributed by atoms with Gasteiger partial charge in [-0.1, -0.05) is 0 Å². The van der Waals surface area contributed by atoms with E-state index in [1.165, 1.54) is 18.2 Å². The zero-order valence-corrected chi connectivity index (χ0v) is 11.6. The molecule has 0 bridgehead atoms. The predicted molar refractivity (Wildman–Crippen MR) is 77.1 cm³/mol. The Morgan fingerprint density at radius 2 is 2.14 bits per heavy atom. The summed E-state index contributed by atoms with van der Waals surface area (Å²) < 4.78 is 5.24. The Balaban J connectivity index is 1.90. The first-order chi connectivity index (χ1) is 10.1. The van der Waals surface area contributed by atoms with E-state index in [2.05, 4.69) is 10.2 Å². The highest BCUT2D eigenvalue weighted by molar-refractivity contribution is 5.99. The second kappa shape index (κ2) is 7.00. The molecule has 0 atom stereocenters. The lowest BCUT2D eigenvalue weighted by molar-refractivity contribution is -0.384. The van der Waals surface area contributed by atoms with Gasteiger partial charge in [-0.2, -0.15) is 0 Å². The second-order valence-corrected chi connectivity index (χ2v) is 4.74. The minimum atomic E-state index is -0.552. The summed E-state index contributed by atoms with van der Waals surface area (Å²) >= 11 is 0. The molecule has 1 amide bonds. The SMILES string of the molecule is Nc1ccc([N+](=O)[O-])cc1C(=O)NCCN1CCOCC1. The lowest BCUT2D eigenvalue weighted by Gasteiger charge is -2.26. The Morgan fingerprint density at radius 3 is 2.81 bits per heavy atom. The van der Waals surface area contributed by atoms with Crippen molar-refractivity contribution in [1.29, 1.82) is 0 Å². The predicted octanol–water partition coefficient (Wildman–Crippen LogP) is 0.239. The molecule has 8 heteroatoms. The molecule has 1 fully saturated rings. The van der Waals surface area contributed by atoms with Gasteiger partial charge in [0.25, 0.3) is 11.6 Å². The van der Waals surface area contributed by atoms with E-state index in [1.807, 2.05) is 0 Å². The Hall–Kier alpha value is -2.19. The van der Waals surface area contributed by atoms with Gasteiger partial charge in [0.2, 0.25) is 0 Å². The minimum absolute atomic E-state index is 0.131. The summed E-state index contributed by atoms with van der Waals surface area (Å²) in [6.45, 7) is 4.26. The number of nitrogen functional groups attached to an aromatic ring is 1. The van der Waals surface area contributed by atoms with Crippen LogP contribution in [0.5, 0.6) is 0 Å². The number of nitro groups is 1. The van der Waals surface area contributed by atoms with E-state index in [9.17, 15) is 14.9 Å². The number of morpholine rings is 1. The van der Waals surface area contributed by atoms with Gasteiger partial charge in [-0.05, 0) is 6.07 Å². The largest absolute Gasteiger partial charge is 0.398 e. The van der Waals surface area contributed by atoms with E-state index in [4.69, 9.17) is 10.5 Å². The first kappa shape index (κ1) is 15.2. The number of nitro benzene ring substituents is 1. The molecule has 1 saturated heterocycles. The third kappa shape index (κ3) is 4.14. The summed E-state index contributed by atoms with van der Waals surface area (Å²) in [6, 6.07) is 3.84. The quantitative estimate of drug-likeness (QED) is 0.457. The molecule has 1 heterocycles. The molecule has 1 aliphatic heterocycles. The molecule has 1 aromatic carbocycles. The first-order valence-electron chi connectivity index (χ1n) is 6.70. The number of nitrogens with one attached hydrogen (secondary N) is 1. The Morgan fingerprint density at radius 1 is 1.43 bits per heavy atom. The standard InChI is InChI=1S/C13H18N4O4/c14-12-2-1-10(17(19)20)9-11(12)13(18)15-3-4-16-5-7-21-8-6-16/h1-2,9H,3-8,14H2,(H,15,18). The number of hydrogen-bond donors (Lipinski definition) is 2. The van der Waals surface area contributed by atoms with Gasteiger partial charge in [-0.15, -0.1) is 0 Å². The molecule has 0 aliphatic carbocycles. The lowest BCUT2D eigenvalue weighted by Crippen LogP contribution is -2.41. The van der Waals surface area contributed by atoms with Gasteiger partial charge in [0, 0.05) is 44.0 Å². The number of amides is 1. The monoisotopic (exact) mass is 294 g/mol. The van der Waals surface area contributed by atoms with Crippen LogP contribution in [0.2, 0.25) is 0 Å². The third-order valence-corrected chi connectivity index (χ3v) is 3.31. The van der Waals surface area contributed by atoms with Gasteiger partial charge in [0.1, 0.15) is 0 Å². The van der Waals surface area contributed by atoms with Crippen LogP contribution < -0.4 is 11.1 Å². The topological polar surface area (TPSA) is 111 Å². The third-order valence-electron chi connectivity index (χ3n) is 3.31. The maximum atomic E-state index is 12.0. The molecule has 1 aromatic rings. The van der Waals surface area contributed by atoms with E-state index < -0.39 is 10.8 Å². The molecule has 114 valence electrons. The zero-order chi connectivity index (χ0) is 15.2. The van der Waals surface area contributed by atoms with Gasteiger partial charge < -0.3 is 15.8 Å². The number of ether oxygens (including phenoxy) is 1. The molecule has 0 aromatic heterocycles. The average Bonchev–Trinajstić information content (AvgIpc) is 2.48. The molecule has 2 rings (SSSR count). The molecule has 0 radical (unpaired) electrons. The van der Waals surface area contributed by atoms with E-state index in [0.29, 0.717) is 26.3 Å². The van der Waals surface area contributed by atoms with E-state index in [0.717, 1.165) is 13.1 Å². The van der Waals surface area contributed by atoms with Crippen LogP contribution in [0.3, 0.4) is 0 Å². The number of hydrogen-bond acceptors (Lipinski definition) is 6. The van der Waals surface area contributed by atoms with Gasteiger partial charge in [-0.3, -0.25) is 19.8 Å². The fourth-order valence-corrected chi connectivity index (χ4v) is 2.10. The van der Waals surface area contributed by atoms with Crippen molar-refractivity contribution in [3.05, 3.63) is 33.9 Å². The molecule has 0 saturated carbocycles. The van der Waals surface area contributed by atoms with Crippen molar-refractivity contribution in [1.82, 2.24) is 10.2 Å². The number of rotatable bonds is 5. The molecule has 21 heavy (non-hydrogen) atoms. The van der Waals surface area contributed by atoms with Crippen molar-refractivity contribution in [3.63, 3.8) is 0 Å². The number of anilines is 1. The van der Waals surface area contributed by atoms with Gasteiger partial charge in [0.15, 0.2) is 0 Å². The smallest absolute Gasteiger partial charge is 0.270 e. The van der Waals surface area contributed by atoms with Crippen LogP contribution >= 0.6 is 0 Å². The maximum Gasteiger partial charge on any atom is 0.270 e. The van der Waals surface area contributed by atoms with Crippen molar-refractivity contribution < 1.29 is 14.5 Å². The highest BCUT2D eigenvalue weighted by Crippen LogP contribution is 2.19. The van der Waals surface area contributed by atoms with Crippen LogP contribution in [0.25, 0.3) is 0 Å². The number of carbonyl (C=O) groups excluding carboxylic acids is 1. The van der Waals surface area contributed by atoms with Crippen molar-refractivity contribution in [2.24, 2.45) is 0 Å². The fourth-order valence-electron chi connectivity index (χ4n) is 2.10. The van der Waals surface area contributed by atoms with Crippen LogP contribution in [0, 0.1) is 10.1 Å². The second-order valence-electron chi connectivity index (χ2n) is 4.74. The van der Waals surface area contributed by atoms with Crippen molar-refractivity contribution in [2.45, 2.75) is 0 Å². The Kier molecular flexibility index (Phi) is 5.07. The van der Waals surface area contributed by atoms with Gasteiger partial charge in [0.05, 0.1) is 23.7 Å². The summed E-state index contributed by atoms with van der Waals surface area (Å²) in [4.78, 5) is 24.4. The maximum absolute atomic E-state index is 12.0. The van der Waals surface area contributed by atoms with Crippen LogP contribution in [0.15, 0.2) is 18.2 Å². The number of benzene rings is 1. The molecular weight excluding hydrogens is 276 g/mol. The molecule has 1 aliphatic rings. The zero-order valence-electron chi connectivity index (χ0n) is 11.6. The number of carbonyl (C=O) groups is 1. The summed E-state index contributed by atoms with van der Waals surface area (Å²) in [7, 11) is 0. The number of nitrogens with two attached hydrogens (primary N) is 1. The molecular formula is C13H18N4O4. The highest BCUT2D eigenvalue weighted by Gasteiger charge is 2.16. The van der Waals surface area contributed by atoms with Crippen LogP contribution in [0.1, 0.15) is 10.4 Å². The first-order valence-corrected chi connectivity index (χ1v) is 6.70. The summed E-state index contributed by atoms with van der Waals surface area (Å²) in [5.74, 6) is -0.399. The highest BCUT2D eigenvalue weighted by atomic mass is 16.6. The molecule has 8 nitrogen and oxygen atoms in total. The van der Waals surface area contributed by atoms with Crippen LogP contribution in [-0.2, 0) is 4.74 Å². The molecule has 0 spiro atoms.